The molecule has 1 fully saturated rings. The number of nitrogens with zero attached hydrogens (tertiary/aromatic N) is 3. The van der Waals surface area contributed by atoms with Crippen LogP contribution in [0.4, 0.5) is 10.6 Å². The molecule has 2 heterocycles. The lowest BCUT2D eigenvalue weighted by Gasteiger charge is -2.30. The molecule has 0 radical (unpaired) electrons. The normalized spacial score (nSPS) is 15.5. The molecule has 3 amide bonds. The maximum Gasteiger partial charge on any atom is 0.317 e. The fourth-order valence-corrected chi connectivity index (χ4v) is 2.47. The SMILES string of the molecule is CN(C)c1cc(CNC(=O)N2CCC(C(N)=O)CC2)ccn1. The molecule has 7 heteroatoms. The first kappa shape index (κ1) is 16.1. The van der Waals surface area contributed by atoms with E-state index >= 15 is 0 Å². The van der Waals surface area contributed by atoms with Gasteiger partial charge < -0.3 is 20.9 Å². The van der Waals surface area contributed by atoms with Gasteiger partial charge in [-0.2, -0.15) is 0 Å². The summed E-state index contributed by atoms with van der Waals surface area (Å²) in [6, 6.07) is 3.72. The van der Waals surface area contributed by atoms with Crippen LogP contribution in [0.1, 0.15) is 18.4 Å². The average molecular weight is 305 g/mol. The Morgan fingerprint density at radius 2 is 2.09 bits per heavy atom. The van der Waals surface area contributed by atoms with Crippen molar-refractivity contribution >= 4 is 17.8 Å². The largest absolute Gasteiger partial charge is 0.369 e. The van der Waals surface area contributed by atoms with Crippen molar-refractivity contribution in [3.63, 3.8) is 0 Å². The molecule has 0 bridgehead atoms. The van der Waals surface area contributed by atoms with Crippen LogP contribution >= 0.6 is 0 Å². The van der Waals surface area contributed by atoms with Crippen LogP contribution in [0, 0.1) is 5.92 Å². The van der Waals surface area contributed by atoms with Crippen molar-refractivity contribution in [3.8, 4) is 0 Å². The van der Waals surface area contributed by atoms with Gasteiger partial charge in [0.1, 0.15) is 5.82 Å². The molecule has 1 aromatic rings. The fraction of sp³-hybridized carbons (Fsp3) is 0.533. The predicted octanol–water partition coefficient (Wildman–Crippen LogP) is 0.555. The van der Waals surface area contributed by atoms with Crippen LogP contribution in [-0.4, -0.2) is 49.0 Å². The molecule has 1 saturated heterocycles. The van der Waals surface area contributed by atoms with E-state index in [0.717, 1.165) is 11.4 Å². The number of urea groups is 1. The second kappa shape index (κ2) is 7.11. The molecule has 1 aliphatic rings. The van der Waals surface area contributed by atoms with E-state index in [1.165, 1.54) is 0 Å². The minimum atomic E-state index is -0.270. The molecular weight excluding hydrogens is 282 g/mol. The lowest BCUT2D eigenvalue weighted by Crippen LogP contribution is -2.46. The van der Waals surface area contributed by atoms with Gasteiger partial charge in [-0.25, -0.2) is 9.78 Å². The first-order chi connectivity index (χ1) is 10.5. The number of likely N-dealkylation sites (tertiary alicyclic amines) is 1. The van der Waals surface area contributed by atoms with E-state index in [-0.39, 0.29) is 17.9 Å². The summed E-state index contributed by atoms with van der Waals surface area (Å²) in [6.45, 7) is 1.59. The molecule has 0 saturated carbocycles. The summed E-state index contributed by atoms with van der Waals surface area (Å²) >= 11 is 0. The van der Waals surface area contributed by atoms with Gasteiger partial charge in [0.05, 0.1) is 0 Å². The number of pyridine rings is 1. The molecule has 3 N–H and O–H groups in total. The van der Waals surface area contributed by atoms with Crippen molar-refractivity contribution in [2.45, 2.75) is 19.4 Å². The van der Waals surface area contributed by atoms with E-state index in [0.29, 0.717) is 32.5 Å². The van der Waals surface area contributed by atoms with E-state index in [2.05, 4.69) is 10.3 Å². The Kier molecular flexibility index (Phi) is 5.19. The van der Waals surface area contributed by atoms with Crippen molar-refractivity contribution < 1.29 is 9.59 Å². The maximum atomic E-state index is 12.1. The summed E-state index contributed by atoms with van der Waals surface area (Å²) < 4.78 is 0. The second-order valence-electron chi connectivity index (χ2n) is 5.74. The predicted molar refractivity (Wildman–Crippen MR) is 84.3 cm³/mol. The van der Waals surface area contributed by atoms with E-state index in [1.807, 2.05) is 31.1 Å². The van der Waals surface area contributed by atoms with E-state index in [1.54, 1.807) is 11.1 Å². The van der Waals surface area contributed by atoms with Crippen molar-refractivity contribution in [2.75, 3.05) is 32.1 Å². The Hall–Kier alpha value is -2.31. The number of anilines is 1. The highest BCUT2D eigenvalue weighted by Crippen LogP contribution is 2.16. The summed E-state index contributed by atoms with van der Waals surface area (Å²) in [6.07, 6.45) is 3.01. The highest BCUT2D eigenvalue weighted by Gasteiger charge is 2.25. The van der Waals surface area contributed by atoms with Gasteiger partial charge in [0.2, 0.25) is 5.91 Å². The third kappa shape index (κ3) is 4.09. The van der Waals surface area contributed by atoms with Crippen molar-refractivity contribution in [1.82, 2.24) is 15.2 Å². The number of rotatable bonds is 4. The van der Waals surface area contributed by atoms with Crippen LogP contribution in [0.5, 0.6) is 0 Å². The molecule has 0 unspecified atom stereocenters. The number of hydrogen-bond acceptors (Lipinski definition) is 4. The van der Waals surface area contributed by atoms with Crippen molar-refractivity contribution in [2.24, 2.45) is 11.7 Å². The summed E-state index contributed by atoms with van der Waals surface area (Å²) in [5.41, 5.74) is 6.29. The third-order valence-electron chi connectivity index (χ3n) is 3.90. The number of primary amides is 1. The van der Waals surface area contributed by atoms with Gasteiger partial charge in [0.15, 0.2) is 0 Å². The van der Waals surface area contributed by atoms with Gasteiger partial charge in [0, 0.05) is 45.8 Å². The lowest BCUT2D eigenvalue weighted by atomic mass is 9.96. The average Bonchev–Trinajstić information content (AvgIpc) is 2.53. The highest BCUT2D eigenvalue weighted by molar-refractivity contribution is 5.78. The van der Waals surface area contributed by atoms with Crippen LogP contribution in [0.25, 0.3) is 0 Å². The van der Waals surface area contributed by atoms with Crippen molar-refractivity contribution in [3.05, 3.63) is 23.9 Å². The number of nitrogens with two attached hydrogens (primary N) is 1. The number of nitrogens with one attached hydrogen (secondary N) is 1. The van der Waals surface area contributed by atoms with E-state index < -0.39 is 0 Å². The Labute approximate surface area is 130 Å². The number of amides is 3. The second-order valence-corrected chi connectivity index (χ2v) is 5.74. The summed E-state index contributed by atoms with van der Waals surface area (Å²) in [5.74, 6) is 0.481. The molecule has 0 aromatic carbocycles. The molecule has 120 valence electrons. The molecule has 7 nitrogen and oxygen atoms in total. The summed E-state index contributed by atoms with van der Waals surface area (Å²) in [4.78, 5) is 31.1. The summed E-state index contributed by atoms with van der Waals surface area (Å²) in [7, 11) is 3.85. The number of hydrogen-bond donors (Lipinski definition) is 2. The molecule has 2 rings (SSSR count). The molecule has 22 heavy (non-hydrogen) atoms. The van der Waals surface area contributed by atoms with E-state index in [9.17, 15) is 9.59 Å². The quantitative estimate of drug-likeness (QED) is 0.850. The number of carbonyl (C=O) groups excluding carboxylic acids is 2. The monoisotopic (exact) mass is 305 g/mol. The molecular formula is C15H23N5O2. The Balaban J connectivity index is 1.83. The van der Waals surface area contributed by atoms with Crippen LogP contribution in [0.2, 0.25) is 0 Å². The maximum absolute atomic E-state index is 12.1. The smallest absolute Gasteiger partial charge is 0.317 e. The Bertz CT molecular complexity index is 538. The van der Waals surface area contributed by atoms with Gasteiger partial charge in [-0.05, 0) is 30.5 Å². The van der Waals surface area contributed by atoms with Crippen molar-refractivity contribution in [1.29, 1.82) is 0 Å². The first-order valence-corrected chi connectivity index (χ1v) is 7.41. The summed E-state index contributed by atoms with van der Waals surface area (Å²) in [5, 5.41) is 2.90. The third-order valence-corrected chi connectivity index (χ3v) is 3.90. The molecule has 1 aliphatic heterocycles. The van der Waals surface area contributed by atoms with Gasteiger partial charge in [-0.1, -0.05) is 0 Å². The van der Waals surface area contributed by atoms with Crippen LogP contribution in [-0.2, 0) is 11.3 Å². The number of aromatic nitrogens is 1. The van der Waals surface area contributed by atoms with E-state index in [4.69, 9.17) is 5.73 Å². The van der Waals surface area contributed by atoms with Gasteiger partial charge in [-0.3, -0.25) is 4.79 Å². The molecule has 1 aromatic heterocycles. The zero-order valence-electron chi connectivity index (χ0n) is 13.1. The van der Waals surface area contributed by atoms with Crippen LogP contribution < -0.4 is 16.0 Å². The fourth-order valence-electron chi connectivity index (χ4n) is 2.47. The van der Waals surface area contributed by atoms with Crippen LogP contribution in [0.3, 0.4) is 0 Å². The van der Waals surface area contributed by atoms with Gasteiger partial charge in [-0.15, -0.1) is 0 Å². The van der Waals surface area contributed by atoms with Crippen LogP contribution in [0.15, 0.2) is 18.3 Å². The standard InChI is InChI=1S/C15H23N5O2/c1-19(2)13-9-11(3-6-17-13)10-18-15(22)20-7-4-12(5-8-20)14(16)21/h3,6,9,12H,4-5,7-8,10H2,1-2H3,(H2,16,21)(H,18,22). The number of piperidine rings is 1. The van der Waals surface area contributed by atoms with Gasteiger partial charge >= 0.3 is 6.03 Å². The minimum absolute atomic E-state index is 0.105. The Morgan fingerprint density at radius 3 is 2.68 bits per heavy atom. The first-order valence-electron chi connectivity index (χ1n) is 7.41. The van der Waals surface area contributed by atoms with Gasteiger partial charge in [0.25, 0.3) is 0 Å². The highest BCUT2D eigenvalue weighted by atomic mass is 16.2. The lowest BCUT2D eigenvalue weighted by molar-refractivity contribution is -0.123. The topological polar surface area (TPSA) is 91.6 Å². The molecule has 0 atom stereocenters. The molecule has 0 spiro atoms. The minimum Gasteiger partial charge on any atom is -0.369 e. The molecule has 0 aliphatic carbocycles. The Morgan fingerprint density at radius 1 is 1.41 bits per heavy atom. The number of carbonyl (C=O) groups is 2. The zero-order chi connectivity index (χ0) is 16.1. The zero-order valence-corrected chi connectivity index (χ0v) is 13.1.